The molecule has 1 saturated carbocycles. The van der Waals surface area contributed by atoms with Gasteiger partial charge in [0.1, 0.15) is 17.5 Å². The molecule has 3 heterocycles. The number of ether oxygens (including phenoxy) is 2. The Balaban J connectivity index is 1.40. The second kappa shape index (κ2) is 8.85. The Hall–Kier alpha value is -2.98. The lowest BCUT2D eigenvalue weighted by molar-refractivity contribution is 0.00578. The largest absolute Gasteiger partial charge is 0.493 e. The molecule has 3 aromatic rings. The summed E-state index contributed by atoms with van der Waals surface area (Å²) >= 11 is 0. The van der Waals surface area contributed by atoms with Crippen molar-refractivity contribution in [3.8, 4) is 17.3 Å². The molecule has 1 aliphatic carbocycles. The summed E-state index contributed by atoms with van der Waals surface area (Å²) in [6, 6.07) is 7.89. The van der Waals surface area contributed by atoms with Crippen molar-refractivity contribution < 1.29 is 18.8 Å². The van der Waals surface area contributed by atoms with Crippen LogP contribution in [0.4, 0.5) is 0 Å². The third-order valence-electron chi connectivity index (χ3n) is 7.49. The summed E-state index contributed by atoms with van der Waals surface area (Å²) in [5.74, 6) is 4.81. The van der Waals surface area contributed by atoms with Gasteiger partial charge in [-0.3, -0.25) is 0 Å². The Kier molecular flexibility index (Phi) is 6.07. The van der Waals surface area contributed by atoms with E-state index in [0.717, 1.165) is 23.5 Å². The summed E-state index contributed by atoms with van der Waals surface area (Å²) < 4.78 is 25.2. The average Bonchev–Trinajstić information content (AvgIpc) is 3.48. The Morgan fingerprint density at radius 1 is 0.944 bits per heavy atom. The van der Waals surface area contributed by atoms with Crippen LogP contribution < -0.4 is 9.47 Å². The average molecular weight is 491 g/mol. The Labute approximate surface area is 212 Å². The van der Waals surface area contributed by atoms with Crippen LogP contribution >= 0.6 is 0 Å². The maximum Gasteiger partial charge on any atom is 0.461 e. The van der Waals surface area contributed by atoms with Crippen molar-refractivity contribution in [2.24, 2.45) is 0 Å². The van der Waals surface area contributed by atoms with Crippen LogP contribution in [0.5, 0.6) is 11.5 Å². The minimum Gasteiger partial charge on any atom is -0.493 e. The summed E-state index contributed by atoms with van der Waals surface area (Å²) in [7, 11) is 3.03. The maximum atomic E-state index is 6.30. The first-order valence-electron chi connectivity index (χ1n) is 12.4. The number of hydrogen-bond acceptors (Lipinski definition) is 8. The van der Waals surface area contributed by atoms with E-state index in [2.05, 4.69) is 37.8 Å². The Morgan fingerprint density at radius 3 is 2.31 bits per heavy atom. The van der Waals surface area contributed by atoms with Crippen LogP contribution in [-0.2, 0) is 15.7 Å². The highest BCUT2D eigenvalue weighted by atomic mass is 16.7. The predicted octanol–water partition coefficient (Wildman–Crippen LogP) is 4.23. The van der Waals surface area contributed by atoms with Gasteiger partial charge in [-0.2, -0.15) is 4.68 Å². The van der Waals surface area contributed by atoms with E-state index < -0.39 is 0 Å². The van der Waals surface area contributed by atoms with Crippen molar-refractivity contribution in [2.75, 3.05) is 14.2 Å². The lowest BCUT2D eigenvalue weighted by atomic mass is 9.80. The second-order valence-electron chi connectivity index (χ2n) is 10.7. The lowest BCUT2D eigenvalue weighted by Gasteiger charge is -2.32. The molecule has 0 N–H and O–H groups in total. The highest BCUT2D eigenvalue weighted by Gasteiger charge is 2.60. The van der Waals surface area contributed by atoms with Crippen molar-refractivity contribution in [3.05, 3.63) is 53.0 Å². The standard InChI is InChI=1S/C26H34BN5O4/c1-15-28-20(18-13-19(18)27-35-25(3,4)26(5,6)36-27)14-24(29-15)32-23(30-16(2)31-32)12-17-9-10-21(33-7)22(11-17)34-8/h9-11,14,18-19H,12-13H2,1-8H3. The summed E-state index contributed by atoms with van der Waals surface area (Å²) in [5.41, 5.74) is 1.35. The Bertz CT molecular complexity index is 1280. The molecule has 0 spiro atoms. The first kappa shape index (κ1) is 24.7. The first-order chi connectivity index (χ1) is 17.0. The molecule has 2 atom stereocenters. The molecule has 1 aliphatic heterocycles. The molecule has 0 radical (unpaired) electrons. The molecule has 2 aliphatic rings. The molecule has 190 valence electrons. The third-order valence-corrected chi connectivity index (χ3v) is 7.49. The monoisotopic (exact) mass is 491 g/mol. The van der Waals surface area contributed by atoms with Crippen LogP contribution in [0.1, 0.15) is 68.8 Å². The molecule has 10 heteroatoms. The van der Waals surface area contributed by atoms with Crippen LogP contribution in [0.3, 0.4) is 0 Å². The first-order valence-corrected chi connectivity index (χ1v) is 12.4. The zero-order valence-corrected chi connectivity index (χ0v) is 22.3. The summed E-state index contributed by atoms with van der Waals surface area (Å²) in [4.78, 5) is 14.2. The lowest BCUT2D eigenvalue weighted by Crippen LogP contribution is -2.41. The quantitative estimate of drug-likeness (QED) is 0.454. The molecule has 1 aromatic carbocycles. The van der Waals surface area contributed by atoms with E-state index in [0.29, 0.717) is 35.4 Å². The molecule has 2 unspecified atom stereocenters. The van der Waals surface area contributed by atoms with Crippen molar-refractivity contribution in [3.63, 3.8) is 0 Å². The summed E-state index contributed by atoms with van der Waals surface area (Å²) in [6.45, 7) is 12.2. The molecule has 5 rings (SSSR count). The molecule has 36 heavy (non-hydrogen) atoms. The van der Waals surface area contributed by atoms with Crippen LogP contribution in [0.15, 0.2) is 24.3 Å². The van der Waals surface area contributed by atoms with Crippen LogP contribution in [0, 0.1) is 13.8 Å². The molecule has 2 aromatic heterocycles. The van der Waals surface area contributed by atoms with Gasteiger partial charge in [0.25, 0.3) is 0 Å². The van der Waals surface area contributed by atoms with Gasteiger partial charge in [0, 0.05) is 29.9 Å². The van der Waals surface area contributed by atoms with Gasteiger partial charge in [-0.05, 0) is 65.7 Å². The normalized spacial score (nSPS) is 22.1. The van der Waals surface area contributed by atoms with Crippen LogP contribution in [0.2, 0.25) is 5.82 Å². The molecule has 9 nitrogen and oxygen atoms in total. The van der Waals surface area contributed by atoms with Crippen molar-refractivity contribution in [1.82, 2.24) is 24.7 Å². The summed E-state index contributed by atoms with van der Waals surface area (Å²) in [5, 5.41) is 4.66. The zero-order chi connectivity index (χ0) is 25.8. The van der Waals surface area contributed by atoms with Gasteiger partial charge in [-0.15, -0.1) is 5.10 Å². The van der Waals surface area contributed by atoms with Crippen LogP contribution in [0.25, 0.3) is 5.82 Å². The SMILES string of the molecule is COc1ccc(Cc2nc(C)nn2-c2cc(C3CC3B3OC(C)(C)C(C)(C)O3)nc(C)n2)cc1OC. The van der Waals surface area contributed by atoms with E-state index in [-0.39, 0.29) is 30.1 Å². The fourth-order valence-electron chi connectivity index (χ4n) is 4.72. The van der Waals surface area contributed by atoms with Crippen molar-refractivity contribution >= 4 is 7.12 Å². The fourth-order valence-corrected chi connectivity index (χ4v) is 4.72. The zero-order valence-electron chi connectivity index (χ0n) is 22.3. The minimum absolute atomic E-state index is 0.229. The van der Waals surface area contributed by atoms with Crippen molar-refractivity contribution in [2.45, 2.75) is 77.3 Å². The number of benzene rings is 1. The highest BCUT2D eigenvalue weighted by Crippen LogP contribution is 2.58. The number of methoxy groups -OCH3 is 2. The van der Waals surface area contributed by atoms with Gasteiger partial charge in [-0.25, -0.2) is 15.0 Å². The molecule has 1 saturated heterocycles. The second-order valence-corrected chi connectivity index (χ2v) is 10.7. The van der Waals surface area contributed by atoms with E-state index in [9.17, 15) is 0 Å². The number of aryl methyl sites for hydroxylation is 2. The number of aromatic nitrogens is 5. The van der Waals surface area contributed by atoms with Gasteiger partial charge in [0.05, 0.1) is 25.4 Å². The molecule has 2 fully saturated rings. The third kappa shape index (κ3) is 4.48. The topological polar surface area (TPSA) is 93.4 Å². The highest BCUT2D eigenvalue weighted by molar-refractivity contribution is 6.49. The molecule has 0 amide bonds. The number of hydrogen-bond donors (Lipinski definition) is 0. The maximum absolute atomic E-state index is 6.30. The minimum atomic E-state index is -0.338. The molecular formula is C26H34BN5O4. The van der Waals surface area contributed by atoms with Crippen molar-refractivity contribution in [1.29, 1.82) is 0 Å². The predicted molar refractivity (Wildman–Crippen MR) is 136 cm³/mol. The van der Waals surface area contributed by atoms with Gasteiger partial charge in [0.15, 0.2) is 17.3 Å². The van der Waals surface area contributed by atoms with E-state index in [4.69, 9.17) is 28.8 Å². The van der Waals surface area contributed by atoms with E-state index in [1.807, 2.05) is 42.8 Å². The number of nitrogens with zero attached hydrogens (tertiary/aromatic N) is 5. The van der Waals surface area contributed by atoms with Gasteiger partial charge < -0.3 is 18.8 Å². The van der Waals surface area contributed by atoms with E-state index in [1.165, 1.54) is 0 Å². The van der Waals surface area contributed by atoms with Gasteiger partial charge in [-0.1, -0.05) is 6.07 Å². The molecular weight excluding hydrogens is 457 g/mol. The fraction of sp³-hybridized carbons (Fsp3) is 0.538. The Morgan fingerprint density at radius 2 is 1.64 bits per heavy atom. The van der Waals surface area contributed by atoms with Gasteiger partial charge >= 0.3 is 7.12 Å². The summed E-state index contributed by atoms with van der Waals surface area (Å²) in [6.07, 6.45) is 1.54. The van der Waals surface area contributed by atoms with Gasteiger partial charge in [0.2, 0.25) is 0 Å². The smallest absolute Gasteiger partial charge is 0.461 e. The van der Waals surface area contributed by atoms with E-state index in [1.54, 1.807) is 14.2 Å². The molecule has 0 bridgehead atoms. The number of rotatable bonds is 7. The van der Waals surface area contributed by atoms with Crippen LogP contribution in [-0.4, -0.2) is 57.3 Å². The van der Waals surface area contributed by atoms with E-state index >= 15 is 0 Å².